The number of nitrogens with zero attached hydrogens (tertiary/aromatic N) is 2. The highest BCUT2D eigenvalue weighted by Crippen LogP contribution is 2.07. The van der Waals surface area contributed by atoms with Crippen LogP contribution in [0.5, 0.6) is 0 Å². The van der Waals surface area contributed by atoms with Gasteiger partial charge in [0.05, 0.1) is 19.2 Å². The topological polar surface area (TPSA) is 53.3 Å². The summed E-state index contributed by atoms with van der Waals surface area (Å²) in [5, 5.41) is 8.65. The van der Waals surface area contributed by atoms with Crippen molar-refractivity contribution in [2.24, 2.45) is 0 Å². The van der Waals surface area contributed by atoms with E-state index in [2.05, 4.69) is 6.92 Å². The van der Waals surface area contributed by atoms with Gasteiger partial charge in [0.15, 0.2) is 6.10 Å². The van der Waals surface area contributed by atoms with E-state index in [1.54, 1.807) is 4.90 Å². The van der Waals surface area contributed by atoms with Crippen molar-refractivity contribution in [1.82, 2.24) is 4.90 Å². The average molecular weight is 196 g/mol. The van der Waals surface area contributed by atoms with Crippen molar-refractivity contribution < 1.29 is 9.53 Å². The van der Waals surface area contributed by atoms with Gasteiger partial charge in [0.2, 0.25) is 5.91 Å². The molecule has 0 saturated carbocycles. The van der Waals surface area contributed by atoms with E-state index in [-0.39, 0.29) is 5.91 Å². The second-order valence-electron chi connectivity index (χ2n) is 3.43. The predicted octanol–water partition coefficient (Wildman–Crippen LogP) is 0.928. The number of carbonyl (C=O) groups excluding carboxylic acids is 1. The van der Waals surface area contributed by atoms with Crippen LogP contribution in [0.1, 0.15) is 26.2 Å². The smallest absolute Gasteiger partial charge is 0.222 e. The van der Waals surface area contributed by atoms with Crippen LogP contribution in [0.15, 0.2) is 0 Å². The van der Waals surface area contributed by atoms with Gasteiger partial charge in [-0.05, 0) is 6.42 Å². The fourth-order valence-corrected chi connectivity index (χ4v) is 1.44. The van der Waals surface area contributed by atoms with Crippen LogP contribution >= 0.6 is 0 Å². The monoisotopic (exact) mass is 196 g/mol. The van der Waals surface area contributed by atoms with Crippen molar-refractivity contribution in [3.63, 3.8) is 0 Å². The molecule has 0 aromatic carbocycles. The van der Waals surface area contributed by atoms with Gasteiger partial charge >= 0.3 is 0 Å². The standard InChI is InChI=1S/C10H16N2O2/c1-2-3-4-10(13)12-5-6-14-9(7-11)8-12/h9H,2-6,8H2,1H3. The number of amides is 1. The van der Waals surface area contributed by atoms with Crippen molar-refractivity contribution in [3.05, 3.63) is 0 Å². The van der Waals surface area contributed by atoms with E-state index in [1.165, 1.54) is 0 Å². The zero-order chi connectivity index (χ0) is 10.4. The number of hydrogen-bond donors (Lipinski definition) is 0. The Morgan fingerprint density at radius 3 is 3.14 bits per heavy atom. The van der Waals surface area contributed by atoms with Crippen LogP contribution in [0.25, 0.3) is 0 Å². The summed E-state index contributed by atoms with van der Waals surface area (Å²) < 4.78 is 5.16. The van der Waals surface area contributed by atoms with E-state index in [9.17, 15) is 4.79 Å². The third-order valence-corrected chi connectivity index (χ3v) is 2.31. The van der Waals surface area contributed by atoms with Gasteiger partial charge in [0, 0.05) is 13.0 Å². The number of nitriles is 1. The largest absolute Gasteiger partial charge is 0.360 e. The maximum absolute atomic E-state index is 11.6. The van der Waals surface area contributed by atoms with E-state index in [4.69, 9.17) is 10.00 Å². The summed E-state index contributed by atoms with van der Waals surface area (Å²) in [7, 11) is 0. The van der Waals surface area contributed by atoms with E-state index >= 15 is 0 Å². The summed E-state index contributed by atoms with van der Waals surface area (Å²) in [4.78, 5) is 13.3. The molecule has 0 N–H and O–H groups in total. The maximum atomic E-state index is 11.6. The van der Waals surface area contributed by atoms with Crippen molar-refractivity contribution >= 4 is 5.91 Å². The van der Waals surface area contributed by atoms with Crippen LogP contribution in [-0.4, -0.2) is 36.6 Å². The first-order valence-corrected chi connectivity index (χ1v) is 5.07. The molecule has 0 aliphatic carbocycles. The first-order chi connectivity index (χ1) is 6.77. The summed E-state index contributed by atoms with van der Waals surface area (Å²) >= 11 is 0. The number of morpholine rings is 1. The zero-order valence-electron chi connectivity index (χ0n) is 8.53. The Hall–Kier alpha value is -1.08. The molecule has 1 aliphatic rings. The fourth-order valence-electron chi connectivity index (χ4n) is 1.44. The highest BCUT2D eigenvalue weighted by Gasteiger charge is 2.22. The van der Waals surface area contributed by atoms with E-state index in [0.29, 0.717) is 26.1 Å². The van der Waals surface area contributed by atoms with E-state index < -0.39 is 6.10 Å². The van der Waals surface area contributed by atoms with Gasteiger partial charge in [-0.2, -0.15) is 5.26 Å². The molecule has 0 aromatic rings. The van der Waals surface area contributed by atoms with Gasteiger partial charge in [-0.3, -0.25) is 4.79 Å². The molecule has 0 radical (unpaired) electrons. The zero-order valence-corrected chi connectivity index (χ0v) is 8.53. The highest BCUT2D eigenvalue weighted by atomic mass is 16.5. The van der Waals surface area contributed by atoms with Gasteiger partial charge in [-0.25, -0.2) is 0 Å². The quantitative estimate of drug-likeness (QED) is 0.674. The van der Waals surface area contributed by atoms with Gasteiger partial charge in [0.25, 0.3) is 0 Å². The van der Waals surface area contributed by atoms with Crippen molar-refractivity contribution in [1.29, 1.82) is 5.26 Å². The highest BCUT2D eigenvalue weighted by molar-refractivity contribution is 5.76. The summed E-state index contributed by atoms with van der Waals surface area (Å²) in [5.74, 6) is 0.149. The number of ether oxygens (including phenoxy) is 1. The molecule has 0 spiro atoms. The summed E-state index contributed by atoms with van der Waals surface area (Å²) in [6.07, 6.45) is 2.11. The molecule has 1 aliphatic heterocycles. The van der Waals surface area contributed by atoms with Crippen LogP contribution in [0, 0.1) is 11.3 Å². The minimum absolute atomic E-state index is 0.149. The molecule has 78 valence electrons. The lowest BCUT2D eigenvalue weighted by atomic mass is 10.2. The molecule has 4 nitrogen and oxygen atoms in total. The minimum Gasteiger partial charge on any atom is -0.360 e. The number of carbonyl (C=O) groups is 1. The lowest BCUT2D eigenvalue weighted by molar-refractivity contribution is -0.137. The lowest BCUT2D eigenvalue weighted by Gasteiger charge is -2.29. The molecule has 1 fully saturated rings. The van der Waals surface area contributed by atoms with Crippen LogP contribution in [0.2, 0.25) is 0 Å². The molecule has 4 heteroatoms. The summed E-state index contributed by atoms with van der Waals surface area (Å²) in [6, 6.07) is 2.03. The normalized spacial score (nSPS) is 21.7. The molecular formula is C10H16N2O2. The number of rotatable bonds is 3. The van der Waals surface area contributed by atoms with E-state index in [0.717, 1.165) is 12.8 Å². The molecule has 0 bridgehead atoms. The molecule has 1 heterocycles. The molecule has 1 unspecified atom stereocenters. The first-order valence-electron chi connectivity index (χ1n) is 5.07. The Balaban J connectivity index is 2.36. The molecule has 1 rings (SSSR count). The van der Waals surface area contributed by atoms with Crippen LogP contribution in [0.4, 0.5) is 0 Å². The Kier molecular flexibility index (Phi) is 4.41. The average Bonchev–Trinajstić information content (AvgIpc) is 2.26. The third-order valence-electron chi connectivity index (χ3n) is 2.31. The Morgan fingerprint density at radius 2 is 2.50 bits per heavy atom. The fraction of sp³-hybridized carbons (Fsp3) is 0.800. The van der Waals surface area contributed by atoms with Crippen LogP contribution in [-0.2, 0) is 9.53 Å². The molecule has 14 heavy (non-hydrogen) atoms. The summed E-state index contributed by atoms with van der Waals surface area (Å²) in [5.41, 5.74) is 0. The molecule has 1 saturated heterocycles. The van der Waals surface area contributed by atoms with Crippen molar-refractivity contribution in [2.45, 2.75) is 32.3 Å². The molecule has 0 aromatic heterocycles. The minimum atomic E-state index is -0.436. The maximum Gasteiger partial charge on any atom is 0.222 e. The SMILES string of the molecule is CCCCC(=O)N1CCOC(C#N)C1. The second-order valence-corrected chi connectivity index (χ2v) is 3.43. The van der Waals surface area contributed by atoms with Gasteiger partial charge in [-0.15, -0.1) is 0 Å². The molecule has 1 amide bonds. The third kappa shape index (κ3) is 3.00. The van der Waals surface area contributed by atoms with Crippen molar-refractivity contribution in [2.75, 3.05) is 19.7 Å². The lowest BCUT2D eigenvalue weighted by Crippen LogP contribution is -2.45. The Labute approximate surface area is 84.4 Å². The van der Waals surface area contributed by atoms with Gasteiger partial charge < -0.3 is 9.64 Å². The molecule has 1 atom stereocenters. The van der Waals surface area contributed by atoms with Gasteiger partial charge in [0.1, 0.15) is 0 Å². The summed E-state index contributed by atoms with van der Waals surface area (Å²) in [6.45, 7) is 3.60. The number of unbranched alkanes of at least 4 members (excludes halogenated alkanes) is 1. The number of hydrogen-bond acceptors (Lipinski definition) is 3. The second kappa shape index (κ2) is 5.61. The predicted molar refractivity (Wildman–Crippen MR) is 51.5 cm³/mol. The van der Waals surface area contributed by atoms with Gasteiger partial charge in [-0.1, -0.05) is 13.3 Å². The molecular weight excluding hydrogens is 180 g/mol. The van der Waals surface area contributed by atoms with Crippen LogP contribution in [0.3, 0.4) is 0 Å². The first kappa shape index (κ1) is 11.0. The van der Waals surface area contributed by atoms with Crippen molar-refractivity contribution in [3.8, 4) is 6.07 Å². The Bertz CT molecular complexity index is 235. The van der Waals surface area contributed by atoms with E-state index in [1.807, 2.05) is 6.07 Å². The Morgan fingerprint density at radius 1 is 1.71 bits per heavy atom. The van der Waals surface area contributed by atoms with Crippen LogP contribution < -0.4 is 0 Å².